The molecule has 4 rings (SSSR count). The molecule has 1 saturated heterocycles. The Morgan fingerprint density at radius 3 is 2.48 bits per heavy atom. The molecule has 6 heteroatoms. The summed E-state index contributed by atoms with van der Waals surface area (Å²) in [6.07, 6.45) is 1.52. The molecule has 0 saturated carbocycles. The van der Waals surface area contributed by atoms with E-state index in [4.69, 9.17) is 9.84 Å². The molecule has 1 fully saturated rings. The summed E-state index contributed by atoms with van der Waals surface area (Å²) in [5.41, 5.74) is 6.59. The van der Waals surface area contributed by atoms with E-state index < -0.39 is 0 Å². The molecule has 1 atom stereocenters. The normalized spacial score (nSPS) is 16.0. The number of ether oxygens (including phenoxy) is 1. The second-order valence-electron chi connectivity index (χ2n) is 8.80. The van der Waals surface area contributed by atoms with E-state index in [-0.39, 0.29) is 17.8 Å². The van der Waals surface area contributed by atoms with E-state index in [9.17, 15) is 9.59 Å². The smallest absolute Gasteiger partial charge is 0.310 e. The van der Waals surface area contributed by atoms with E-state index >= 15 is 0 Å². The lowest BCUT2D eigenvalue weighted by Crippen LogP contribution is -2.43. The number of benzene rings is 2. The fraction of sp³-hybridized carbons (Fsp3) is 0.370. The zero-order valence-electron chi connectivity index (χ0n) is 19.8. The van der Waals surface area contributed by atoms with Crippen LogP contribution in [0.2, 0.25) is 0 Å². The Balaban J connectivity index is 1.71. The van der Waals surface area contributed by atoms with Crippen molar-refractivity contribution < 1.29 is 14.3 Å². The second-order valence-corrected chi connectivity index (χ2v) is 8.80. The van der Waals surface area contributed by atoms with Crippen molar-refractivity contribution in [1.29, 1.82) is 0 Å². The van der Waals surface area contributed by atoms with Gasteiger partial charge in [-0.05, 0) is 75.9 Å². The van der Waals surface area contributed by atoms with Crippen LogP contribution in [0.15, 0.2) is 48.5 Å². The minimum Gasteiger partial charge on any atom is -0.466 e. The Morgan fingerprint density at radius 1 is 1.03 bits per heavy atom. The Morgan fingerprint density at radius 2 is 1.79 bits per heavy atom. The van der Waals surface area contributed by atoms with Gasteiger partial charge in [0.05, 0.1) is 23.9 Å². The molecule has 172 valence electrons. The predicted molar refractivity (Wildman–Crippen MR) is 128 cm³/mol. The number of hydrogen-bond acceptors (Lipinski definition) is 4. The van der Waals surface area contributed by atoms with Crippen LogP contribution < -0.4 is 0 Å². The van der Waals surface area contributed by atoms with Gasteiger partial charge < -0.3 is 9.64 Å². The highest BCUT2D eigenvalue weighted by Crippen LogP contribution is 2.26. The zero-order valence-corrected chi connectivity index (χ0v) is 19.8. The van der Waals surface area contributed by atoms with Gasteiger partial charge in [-0.25, -0.2) is 4.68 Å². The highest BCUT2D eigenvalue weighted by atomic mass is 16.5. The quantitative estimate of drug-likeness (QED) is 0.525. The summed E-state index contributed by atoms with van der Waals surface area (Å²) in [5.74, 6) is -0.623. The molecule has 0 N–H and O–H groups in total. The first-order valence-electron chi connectivity index (χ1n) is 11.6. The standard InChI is InChI=1S/C27H31N3O3/c1-5-33-27(32)22-7-6-14-29(17-22)26(31)25-16-24(21-11-10-19(3)20(4)15-21)28-30(25)23-12-8-18(2)9-13-23/h8-13,15-16,22H,5-7,14,17H2,1-4H3. The molecule has 2 heterocycles. The fourth-order valence-electron chi connectivity index (χ4n) is 4.23. The summed E-state index contributed by atoms with van der Waals surface area (Å²) in [4.78, 5) is 27.7. The number of esters is 1. The van der Waals surface area contributed by atoms with Crippen LogP contribution in [0, 0.1) is 26.7 Å². The monoisotopic (exact) mass is 445 g/mol. The molecule has 6 nitrogen and oxygen atoms in total. The van der Waals surface area contributed by atoms with Crippen molar-refractivity contribution >= 4 is 11.9 Å². The summed E-state index contributed by atoms with van der Waals surface area (Å²) >= 11 is 0. The Kier molecular flexibility index (Phi) is 6.63. The highest BCUT2D eigenvalue weighted by Gasteiger charge is 2.31. The van der Waals surface area contributed by atoms with Crippen LogP contribution >= 0.6 is 0 Å². The van der Waals surface area contributed by atoms with Crippen molar-refractivity contribution in [2.75, 3.05) is 19.7 Å². The highest BCUT2D eigenvalue weighted by molar-refractivity contribution is 5.95. The van der Waals surface area contributed by atoms with E-state index in [0.29, 0.717) is 25.4 Å². The average molecular weight is 446 g/mol. The van der Waals surface area contributed by atoms with E-state index in [1.165, 1.54) is 11.1 Å². The van der Waals surface area contributed by atoms with Crippen LogP contribution in [0.5, 0.6) is 0 Å². The number of aromatic nitrogens is 2. The van der Waals surface area contributed by atoms with Gasteiger partial charge in [0.1, 0.15) is 5.69 Å². The molecular weight excluding hydrogens is 414 g/mol. The number of aryl methyl sites for hydroxylation is 3. The topological polar surface area (TPSA) is 64.4 Å². The molecule has 0 bridgehead atoms. The Labute approximate surface area is 195 Å². The lowest BCUT2D eigenvalue weighted by molar-refractivity contribution is -0.149. The van der Waals surface area contributed by atoms with Crippen molar-refractivity contribution in [2.24, 2.45) is 5.92 Å². The van der Waals surface area contributed by atoms with Crippen LogP contribution in [0.3, 0.4) is 0 Å². The van der Waals surface area contributed by atoms with Gasteiger partial charge >= 0.3 is 5.97 Å². The Bertz CT molecular complexity index is 1160. The summed E-state index contributed by atoms with van der Waals surface area (Å²) < 4.78 is 6.93. The van der Waals surface area contributed by atoms with Crippen molar-refractivity contribution in [3.05, 3.63) is 70.9 Å². The van der Waals surface area contributed by atoms with Gasteiger partial charge in [-0.2, -0.15) is 5.10 Å². The number of carbonyl (C=O) groups is 2. The first kappa shape index (κ1) is 22.8. The summed E-state index contributed by atoms with van der Waals surface area (Å²) in [6, 6.07) is 16.0. The maximum atomic E-state index is 13.7. The molecule has 1 unspecified atom stereocenters. The third-order valence-corrected chi connectivity index (χ3v) is 6.34. The van der Waals surface area contributed by atoms with Crippen LogP contribution in [-0.2, 0) is 9.53 Å². The van der Waals surface area contributed by atoms with Gasteiger partial charge in [0.15, 0.2) is 0 Å². The second kappa shape index (κ2) is 9.61. The van der Waals surface area contributed by atoms with E-state index in [2.05, 4.69) is 26.0 Å². The number of hydrogen-bond donors (Lipinski definition) is 0. The molecule has 33 heavy (non-hydrogen) atoms. The number of rotatable bonds is 5. The molecule has 1 aromatic heterocycles. The maximum Gasteiger partial charge on any atom is 0.310 e. The molecule has 1 amide bonds. The number of nitrogens with zero attached hydrogens (tertiary/aromatic N) is 3. The largest absolute Gasteiger partial charge is 0.466 e. The third kappa shape index (κ3) is 4.85. The molecule has 2 aromatic carbocycles. The number of amides is 1. The molecule has 0 spiro atoms. The maximum absolute atomic E-state index is 13.7. The zero-order chi connectivity index (χ0) is 23.5. The third-order valence-electron chi connectivity index (χ3n) is 6.34. The van der Waals surface area contributed by atoms with E-state index in [1.54, 1.807) is 16.5 Å². The first-order chi connectivity index (χ1) is 15.9. The molecule has 0 aliphatic carbocycles. The number of piperidine rings is 1. The van der Waals surface area contributed by atoms with Crippen molar-refractivity contribution in [1.82, 2.24) is 14.7 Å². The lowest BCUT2D eigenvalue weighted by Gasteiger charge is -2.31. The minimum atomic E-state index is -0.280. The van der Waals surface area contributed by atoms with Crippen molar-refractivity contribution in [2.45, 2.75) is 40.5 Å². The number of carbonyl (C=O) groups excluding carboxylic acids is 2. The fourth-order valence-corrected chi connectivity index (χ4v) is 4.23. The van der Waals surface area contributed by atoms with Gasteiger partial charge in [-0.1, -0.05) is 29.8 Å². The first-order valence-corrected chi connectivity index (χ1v) is 11.6. The van der Waals surface area contributed by atoms with E-state index in [1.807, 2.05) is 43.3 Å². The van der Waals surface area contributed by atoms with E-state index in [0.717, 1.165) is 35.3 Å². The van der Waals surface area contributed by atoms with Gasteiger partial charge in [0.2, 0.25) is 0 Å². The van der Waals surface area contributed by atoms with Crippen LogP contribution in [-0.4, -0.2) is 46.3 Å². The van der Waals surface area contributed by atoms with Crippen molar-refractivity contribution in [3.63, 3.8) is 0 Å². The van der Waals surface area contributed by atoms with Gasteiger partial charge in [0, 0.05) is 18.7 Å². The van der Waals surface area contributed by atoms with Crippen LogP contribution in [0.1, 0.15) is 46.9 Å². The van der Waals surface area contributed by atoms with Gasteiger partial charge in [-0.15, -0.1) is 0 Å². The molecule has 1 aliphatic rings. The van der Waals surface area contributed by atoms with Crippen LogP contribution in [0.25, 0.3) is 16.9 Å². The lowest BCUT2D eigenvalue weighted by atomic mass is 9.98. The molecular formula is C27H31N3O3. The van der Waals surface area contributed by atoms with Gasteiger partial charge in [0.25, 0.3) is 5.91 Å². The van der Waals surface area contributed by atoms with Crippen LogP contribution in [0.4, 0.5) is 0 Å². The molecule has 1 aliphatic heterocycles. The minimum absolute atomic E-state index is 0.118. The average Bonchev–Trinajstić information content (AvgIpc) is 3.26. The molecule has 0 radical (unpaired) electrons. The summed E-state index contributed by atoms with van der Waals surface area (Å²) in [7, 11) is 0. The van der Waals surface area contributed by atoms with Gasteiger partial charge in [-0.3, -0.25) is 9.59 Å². The SMILES string of the molecule is CCOC(=O)C1CCCN(C(=O)c2cc(-c3ccc(C)c(C)c3)nn2-c2ccc(C)cc2)C1. The van der Waals surface area contributed by atoms with Crippen molar-refractivity contribution in [3.8, 4) is 16.9 Å². The number of likely N-dealkylation sites (tertiary alicyclic amines) is 1. The summed E-state index contributed by atoms with van der Waals surface area (Å²) in [6.45, 7) is 9.33. The molecule has 3 aromatic rings. The predicted octanol–water partition coefficient (Wildman–Crippen LogP) is 4.88. The Hall–Kier alpha value is -3.41. The summed E-state index contributed by atoms with van der Waals surface area (Å²) in [5, 5.41) is 4.83.